The van der Waals surface area contributed by atoms with Gasteiger partial charge in [0.2, 0.25) is 0 Å². The number of phenols is 1. The number of aromatic hydroxyl groups is 1. The molecule has 8 heteroatoms. The number of para-hydroxylation sites is 1. The quantitative estimate of drug-likeness (QED) is 0.213. The van der Waals surface area contributed by atoms with E-state index in [1.807, 2.05) is 55.6 Å². The number of aromatic amines is 1. The zero-order valence-electron chi connectivity index (χ0n) is 22.8. The topological polar surface area (TPSA) is 107 Å². The van der Waals surface area contributed by atoms with Crippen LogP contribution in [-0.2, 0) is 0 Å². The Labute approximate surface area is 237 Å². The Balaban J connectivity index is 1.30. The number of fused-ring (bicyclic) bond motifs is 1. The molecule has 0 aliphatic carbocycles. The van der Waals surface area contributed by atoms with Crippen molar-refractivity contribution in [1.82, 2.24) is 15.3 Å². The van der Waals surface area contributed by atoms with Crippen molar-refractivity contribution in [2.45, 2.75) is 31.8 Å². The normalized spacial score (nSPS) is 14.8. The van der Waals surface area contributed by atoms with Crippen molar-refractivity contribution in [3.05, 3.63) is 113 Å². The average Bonchev–Trinajstić information content (AvgIpc) is 3.41. The van der Waals surface area contributed by atoms with Crippen LogP contribution in [0, 0.1) is 12.7 Å². The molecule has 1 fully saturated rings. The van der Waals surface area contributed by atoms with E-state index in [2.05, 4.69) is 21.3 Å². The van der Waals surface area contributed by atoms with Crippen molar-refractivity contribution in [1.29, 1.82) is 0 Å². The summed E-state index contributed by atoms with van der Waals surface area (Å²) in [6.45, 7) is 3.75. The van der Waals surface area contributed by atoms with Crippen LogP contribution in [-0.4, -0.2) is 40.1 Å². The number of phenolic OH excluding ortho intramolecular Hbond substituents is 1. The zero-order valence-corrected chi connectivity index (χ0v) is 22.8. The summed E-state index contributed by atoms with van der Waals surface area (Å²) in [6.07, 6.45) is 3.79. The van der Waals surface area contributed by atoms with Crippen LogP contribution in [0.4, 0.5) is 10.1 Å². The maximum Gasteiger partial charge on any atom is 0.252 e. The third-order valence-corrected chi connectivity index (χ3v) is 7.73. The lowest BCUT2D eigenvalue weighted by Gasteiger charge is -2.31. The highest BCUT2D eigenvalue weighted by Gasteiger charge is 2.24. The summed E-state index contributed by atoms with van der Waals surface area (Å²) in [5, 5.41) is 14.6. The molecule has 1 amide bonds. The van der Waals surface area contributed by atoms with Crippen molar-refractivity contribution in [3.63, 3.8) is 0 Å². The minimum Gasteiger partial charge on any atom is -0.508 e. The zero-order chi connectivity index (χ0) is 28.5. The van der Waals surface area contributed by atoms with Gasteiger partial charge in [0.15, 0.2) is 0 Å². The molecule has 5 aromatic rings. The van der Waals surface area contributed by atoms with Crippen LogP contribution >= 0.6 is 0 Å². The van der Waals surface area contributed by atoms with Crippen molar-refractivity contribution in [2.24, 2.45) is 5.73 Å². The van der Waals surface area contributed by atoms with Gasteiger partial charge in [0.1, 0.15) is 11.6 Å². The van der Waals surface area contributed by atoms with E-state index in [1.165, 1.54) is 18.2 Å². The van der Waals surface area contributed by atoms with Gasteiger partial charge in [-0.1, -0.05) is 18.2 Å². The van der Waals surface area contributed by atoms with Crippen molar-refractivity contribution in [3.8, 4) is 17.0 Å². The molecule has 1 aliphatic heterocycles. The molecule has 41 heavy (non-hydrogen) atoms. The molecule has 5 N–H and O–H groups in total. The van der Waals surface area contributed by atoms with Gasteiger partial charge in [-0.2, -0.15) is 0 Å². The van der Waals surface area contributed by atoms with Gasteiger partial charge in [0, 0.05) is 47.0 Å². The van der Waals surface area contributed by atoms with E-state index >= 15 is 0 Å². The molecule has 7 nitrogen and oxygen atoms in total. The number of nitrogens with two attached hydrogens (primary N) is 1. The number of hydrogen-bond acceptors (Lipinski definition) is 5. The number of nitrogens with one attached hydrogen (secondary N) is 2. The number of nitrogens with zero attached hydrogens (tertiary/aromatic N) is 2. The first-order valence-electron chi connectivity index (χ1n) is 13.8. The number of piperidine rings is 1. The molecule has 0 radical (unpaired) electrons. The van der Waals surface area contributed by atoms with Gasteiger partial charge >= 0.3 is 0 Å². The van der Waals surface area contributed by atoms with Crippen LogP contribution in [0.3, 0.4) is 0 Å². The molecule has 3 aromatic carbocycles. The van der Waals surface area contributed by atoms with E-state index in [9.17, 15) is 14.3 Å². The highest BCUT2D eigenvalue weighted by Crippen LogP contribution is 2.32. The second-order valence-corrected chi connectivity index (χ2v) is 10.7. The molecule has 3 heterocycles. The number of hydrogen-bond donors (Lipinski definition) is 4. The van der Waals surface area contributed by atoms with E-state index in [0.717, 1.165) is 59.3 Å². The fourth-order valence-corrected chi connectivity index (χ4v) is 5.51. The Morgan fingerprint density at radius 1 is 1.07 bits per heavy atom. The Morgan fingerprint density at radius 2 is 1.88 bits per heavy atom. The van der Waals surface area contributed by atoms with Crippen molar-refractivity contribution in [2.75, 3.05) is 18.0 Å². The number of carbonyl (C=O) groups is 1. The summed E-state index contributed by atoms with van der Waals surface area (Å²) in [5.41, 5.74) is 11.8. The first-order chi connectivity index (χ1) is 19.8. The number of aromatic nitrogens is 2. The number of halogens is 1. The minimum atomic E-state index is -0.815. The van der Waals surface area contributed by atoms with Gasteiger partial charge in [-0.15, -0.1) is 0 Å². The van der Waals surface area contributed by atoms with E-state index in [0.29, 0.717) is 11.3 Å². The molecule has 0 saturated carbocycles. The van der Waals surface area contributed by atoms with E-state index in [-0.39, 0.29) is 23.3 Å². The smallest absolute Gasteiger partial charge is 0.252 e. The largest absolute Gasteiger partial charge is 0.508 e. The third-order valence-electron chi connectivity index (χ3n) is 7.73. The maximum atomic E-state index is 14.3. The number of rotatable bonds is 6. The fourth-order valence-electron chi connectivity index (χ4n) is 5.51. The van der Waals surface area contributed by atoms with E-state index in [1.54, 1.807) is 12.1 Å². The lowest BCUT2D eigenvalue weighted by atomic mass is 10.00. The van der Waals surface area contributed by atoms with Crippen LogP contribution in [0.15, 0.2) is 85.1 Å². The molecule has 208 valence electrons. The Kier molecular flexibility index (Phi) is 7.15. The minimum absolute atomic E-state index is 0.111. The van der Waals surface area contributed by atoms with Crippen molar-refractivity contribution < 1.29 is 14.3 Å². The van der Waals surface area contributed by atoms with Gasteiger partial charge in [0.25, 0.3) is 5.91 Å². The van der Waals surface area contributed by atoms with Crippen LogP contribution in [0.5, 0.6) is 5.75 Å². The Hall–Kier alpha value is -4.69. The molecule has 1 aliphatic rings. The maximum absolute atomic E-state index is 14.3. The second kappa shape index (κ2) is 11.1. The summed E-state index contributed by atoms with van der Waals surface area (Å²) in [4.78, 5) is 24.0. The second-order valence-electron chi connectivity index (χ2n) is 10.7. The van der Waals surface area contributed by atoms with Crippen LogP contribution < -0.4 is 16.0 Å². The molecule has 0 bridgehead atoms. The molecule has 1 unspecified atom stereocenters. The highest BCUT2D eigenvalue weighted by atomic mass is 19.1. The number of aryl methyl sites for hydroxylation is 1. The van der Waals surface area contributed by atoms with Crippen LogP contribution in [0.1, 0.15) is 46.1 Å². The van der Waals surface area contributed by atoms with Gasteiger partial charge < -0.3 is 26.0 Å². The molecule has 1 saturated heterocycles. The molecule has 1 atom stereocenters. The van der Waals surface area contributed by atoms with E-state index < -0.39 is 11.9 Å². The van der Waals surface area contributed by atoms with Crippen molar-refractivity contribution >= 4 is 22.5 Å². The molecular formula is C33H32FN5O2. The number of benzene rings is 3. The van der Waals surface area contributed by atoms with Gasteiger partial charge in [0.05, 0.1) is 23.6 Å². The van der Waals surface area contributed by atoms with Gasteiger partial charge in [-0.3, -0.25) is 9.78 Å². The average molecular weight is 550 g/mol. The van der Waals surface area contributed by atoms with Crippen LogP contribution in [0.2, 0.25) is 0 Å². The molecule has 2 aromatic heterocycles. The Morgan fingerprint density at radius 3 is 2.63 bits per heavy atom. The summed E-state index contributed by atoms with van der Waals surface area (Å²) in [7, 11) is 0. The number of carbonyl (C=O) groups excluding carboxylic acids is 1. The summed E-state index contributed by atoms with van der Waals surface area (Å²) < 4.78 is 14.3. The molecule has 6 rings (SSSR count). The predicted octanol–water partition coefficient (Wildman–Crippen LogP) is 5.83. The monoisotopic (exact) mass is 549 g/mol. The fraction of sp³-hybridized carbons (Fsp3) is 0.212. The van der Waals surface area contributed by atoms with Gasteiger partial charge in [-0.25, -0.2) is 4.39 Å². The molecular weight excluding hydrogens is 517 g/mol. The van der Waals surface area contributed by atoms with Gasteiger partial charge in [-0.05, 0) is 91.4 Å². The third kappa shape index (κ3) is 5.64. The van der Waals surface area contributed by atoms with Crippen LogP contribution in [0.25, 0.3) is 22.2 Å². The Bertz CT molecular complexity index is 1670. The standard InChI is InChI=1S/C33H32FN5O2/c1-20-14-22(28-8-7-26(19-36-28)39-12-10-25(35)11-13-39)16-23(15-20)33(41)38-32(27-18-24(34)6-9-31(27)40)30-17-21-4-2-3-5-29(21)37-30/h2-9,14-19,25,32,37,40H,10-13,35H2,1H3,(H,38,41). The highest BCUT2D eigenvalue weighted by molar-refractivity contribution is 5.96. The first-order valence-corrected chi connectivity index (χ1v) is 13.8. The lowest BCUT2D eigenvalue weighted by Crippen LogP contribution is -2.39. The summed E-state index contributed by atoms with van der Waals surface area (Å²) >= 11 is 0. The number of pyridine rings is 1. The lowest BCUT2D eigenvalue weighted by molar-refractivity contribution is 0.0942. The predicted molar refractivity (Wildman–Crippen MR) is 160 cm³/mol. The molecule has 0 spiro atoms. The summed E-state index contributed by atoms with van der Waals surface area (Å²) in [6, 6.07) is 22.4. The number of H-pyrrole nitrogens is 1. The number of amides is 1. The van der Waals surface area contributed by atoms with E-state index in [4.69, 9.17) is 10.7 Å². The first kappa shape index (κ1) is 26.5. The summed E-state index contributed by atoms with van der Waals surface area (Å²) in [5.74, 6) is -0.975. The SMILES string of the molecule is Cc1cc(C(=O)NC(c2cc3ccccc3[nH]2)c2cc(F)ccc2O)cc(-c2ccc(N3CCC(N)CC3)cn2)c1. The number of anilines is 1.